The van der Waals surface area contributed by atoms with Crippen molar-refractivity contribution in [3.05, 3.63) is 11.9 Å². The Morgan fingerprint density at radius 3 is 2.59 bits per heavy atom. The number of hydrogen-bond acceptors (Lipinski definition) is 6. The van der Waals surface area contributed by atoms with Gasteiger partial charge in [-0.15, -0.1) is 0 Å². The van der Waals surface area contributed by atoms with E-state index < -0.39 is 21.1 Å². The molecule has 2 unspecified atom stereocenters. The lowest BCUT2D eigenvalue weighted by molar-refractivity contribution is 0.392. The van der Waals surface area contributed by atoms with Crippen LogP contribution in [0.2, 0.25) is 0 Å². The predicted molar refractivity (Wildman–Crippen MR) is 64.1 cm³/mol. The van der Waals surface area contributed by atoms with Gasteiger partial charge in [-0.1, -0.05) is 0 Å². The monoisotopic (exact) mass is 262 g/mol. The van der Waals surface area contributed by atoms with E-state index in [1.54, 1.807) is 18.7 Å². The Morgan fingerprint density at radius 2 is 2.18 bits per heavy atom. The van der Waals surface area contributed by atoms with Crippen LogP contribution in [0.1, 0.15) is 18.7 Å². The molecule has 0 saturated heterocycles. The van der Waals surface area contributed by atoms with Crippen LogP contribution in [0.25, 0.3) is 0 Å². The van der Waals surface area contributed by atoms with Gasteiger partial charge in [-0.2, -0.15) is 5.10 Å². The van der Waals surface area contributed by atoms with Crippen LogP contribution in [0.15, 0.2) is 6.20 Å². The maximum atomic E-state index is 11.6. The summed E-state index contributed by atoms with van der Waals surface area (Å²) in [6.07, 6.45) is 2.69. The fourth-order valence-electron chi connectivity index (χ4n) is 1.62. The van der Waals surface area contributed by atoms with Gasteiger partial charge in [0, 0.05) is 13.3 Å². The average Bonchev–Trinajstić information content (AvgIpc) is 2.60. The zero-order chi connectivity index (χ0) is 13.2. The Labute approximate surface area is 101 Å². The molecule has 0 spiro atoms. The summed E-state index contributed by atoms with van der Waals surface area (Å²) in [5.41, 5.74) is 3.11. The van der Waals surface area contributed by atoms with Crippen molar-refractivity contribution in [1.82, 2.24) is 15.2 Å². The molecule has 0 aliphatic heterocycles. The zero-order valence-electron chi connectivity index (χ0n) is 10.3. The Kier molecular flexibility index (Phi) is 4.12. The first-order valence-electron chi connectivity index (χ1n) is 5.03. The van der Waals surface area contributed by atoms with E-state index in [1.807, 2.05) is 0 Å². The van der Waals surface area contributed by atoms with Crippen molar-refractivity contribution >= 4 is 9.84 Å². The second kappa shape index (κ2) is 5.03. The van der Waals surface area contributed by atoms with Crippen LogP contribution >= 0.6 is 0 Å². The molecule has 3 N–H and O–H groups in total. The van der Waals surface area contributed by atoms with Crippen molar-refractivity contribution in [1.29, 1.82) is 0 Å². The summed E-state index contributed by atoms with van der Waals surface area (Å²) >= 11 is 0. The number of aromatic nitrogens is 2. The van der Waals surface area contributed by atoms with Gasteiger partial charge in [0.15, 0.2) is 15.6 Å². The van der Waals surface area contributed by atoms with Gasteiger partial charge in [-0.05, 0) is 6.92 Å². The molecular weight excluding hydrogens is 244 g/mol. The van der Waals surface area contributed by atoms with Gasteiger partial charge in [-0.25, -0.2) is 13.8 Å². The van der Waals surface area contributed by atoms with E-state index in [1.165, 1.54) is 19.6 Å². The van der Waals surface area contributed by atoms with Crippen LogP contribution in [0.4, 0.5) is 0 Å². The molecule has 0 aliphatic rings. The molecule has 0 aromatic carbocycles. The highest BCUT2D eigenvalue weighted by Gasteiger charge is 2.31. The summed E-state index contributed by atoms with van der Waals surface area (Å²) in [6, 6.07) is -0.576. The number of ether oxygens (including phenoxy) is 1. The molecule has 0 amide bonds. The number of rotatable bonds is 5. The van der Waals surface area contributed by atoms with Crippen LogP contribution in [0, 0.1) is 0 Å². The Hall–Kier alpha value is -1.12. The summed E-state index contributed by atoms with van der Waals surface area (Å²) in [5.74, 6) is 5.95. The Bertz CT molecular complexity index is 482. The van der Waals surface area contributed by atoms with Crippen molar-refractivity contribution in [3.63, 3.8) is 0 Å². The third-order valence-corrected chi connectivity index (χ3v) is 4.41. The number of hydrogen-bond donors (Lipinski definition) is 2. The molecule has 2 atom stereocenters. The number of sulfone groups is 1. The number of nitrogens with two attached hydrogens (primary N) is 1. The van der Waals surface area contributed by atoms with E-state index in [2.05, 4.69) is 10.5 Å². The van der Waals surface area contributed by atoms with Crippen molar-refractivity contribution in [2.45, 2.75) is 18.2 Å². The van der Waals surface area contributed by atoms with Gasteiger partial charge in [0.05, 0.1) is 30.3 Å². The van der Waals surface area contributed by atoms with Crippen LogP contribution in [0.3, 0.4) is 0 Å². The minimum atomic E-state index is -3.22. The molecule has 0 bridgehead atoms. The lowest BCUT2D eigenvalue weighted by Crippen LogP contribution is -2.40. The first-order chi connectivity index (χ1) is 7.82. The smallest absolute Gasteiger partial charge is 0.161 e. The number of methoxy groups -OCH3 is 1. The Morgan fingerprint density at radius 1 is 1.59 bits per heavy atom. The van der Waals surface area contributed by atoms with Gasteiger partial charge < -0.3 is 4.74 Å². The molecule has 0 saturated carbocycles. The van der Waals surface area contributed by atoms with Crippen LogP contribution in [-0.4, -0.2) is 36.8 Å². The fraction of sp³-hybridized carbons (Fsp3) is 0.667. The molecule has 1 aromatic heterocycles. The molecule has 17 heavy (non-hydrogen) atoms. The molecule has 0 aliphatic carbocycles. The highest BCUT2D eigenvalue weighted by molar-refractivity contribution is 7.91. The summed E-state index contributed by atoms with van der Waals surface area (Å²) in [5, 5.41) is 3.34. The van der Waals surface area contributed by atoms with E-state index in [0.717, 1.165) is 0 Å². The number of nitrogens with one attached hydrogen (secondary N) is 1. The summed E-state index contributed by atoms with van der Waals surface area (Å²) in [4.78, 5) is 0. The van der Waals surface area contributed by atoms with Crippen molar-refractivity contribution in [2.75, 3.05) is 13.4 Å². The maximum Gasteiger partial charge on any atom is 0.161 e. The third-order valence-electron chi connectivity index (χ3n) is 2.79. The molecule has 1 rings (SSSR count). The number of aryl methyl sites for hydroxylation is 1. The molecule has 0 radical (unpaired) electrons. The third kappa shape index (κ3) is 2.76. The van der Waals surface area contributed by atoms with Crippen LogP contribution in [-0.2, 0) is 16.9 Å². The molecule has 98 valence electrons. The summed E-state index contributed by atoms with van der Waals surface area (Å²) in [6.45, 7) is 1.59. The molecule has 7 nitrogen and oxygen atoms in total. The Balaban J connectivity index is 3.22. The van der Waals surface area contributed by atoms with Crippen molar-refractivity contribution < 1.29 is 13.2 Å². The number of hydrazine groups is 1. The summed E-state index contributed by atoms with van der Waals surface area (Å²) < 4.78 is 29.8. The average molecular weight is 262 g/mol. The zero-order valence-corrected chi connectivity index (χ0v) is 11.2. The fourth-order valence-corrected chi connectivity index (χ4v) is 2.32. The quantitative estimate of drug-likeness (QED) is 0.541. The normalized spacial score (nSPS) is 15.6. The van der Waals surface area contributed by atoms with Gasteiger partial charge in [0.1, 0.15) is 0 Å². The lowest BCUT2D eigenvalue weighted by Gasteiger charge is -2.22. The van der Waals surface area contributed by atoms with E-state index in [4.69, 9.17) is 10.6 Å². The standard InChI is InChI=1S/C9H18N4O3S/c1-6(17(4,14)15)8(12-10)9-7(16-3)5-11-13(9)2/h5-6,8,12H,10H2,1-4H3. The van der Waals surface area contributed by atoms with Gasteiger partial charge in [-0.3, -0.25) is 10.5 Å². The topological polar surface area (TPSA) is 99.2 Å². The van der Waals surface area contributed by atoms with E-state index in [0.29, 0.717) is 11.4 Å². The minimum Gasteiger partial charge on any atom is -0.493 e. The largest absolute Gasteiger partial charge is 0.493 e. The van der Waals surface area contributed by atoms with Crippen molar-refractivity contribution in [3.8, 4) is 5.75 Å². The lowest BCUT2D eigenvalue weighted by atomic mass is 10.1. The van der Waals surface area contributed by atoms with Crippen LogP contribution < -0.4 is 16.0 Å². The molecule has 0 fully saturated rings. The van der Waals surface area contributed by atoms with Crippen molar-refractivity contribution in [2.24, 2.45) is 12.9 Å². The molecular formula is C9H18N4O3S. The molecule has 8 heteroatoms. The second-order valence-corrected chi connectivity index (χ2v) is 6.30. The predicted octanol–water partition coefficient (Wildman–Crippen LogP) is -0.634. The van der Waals surface area contributed by atoms with E-state index >= 15 is 0 Å². The van der Waals surface area contributed by atoms with E-state index in [-0.39, 0.29) is 0 Å². The SMILES string of the molecule is COc1cnn(C)c1C(NN)C(C)S(C)(=O)=O. The highest BCUT2D eigenvalue weighted by Crippen LogP contribution is 2.28. The van der Waals surface area contributed by atoms with Gasteiger partial charge in [0.25, 0.3) is 0 Å². The minimum absolute atomic E-state index is 0.506. The summed E-state index contributed by atoms with van der Waals surface area (Å²) in [7, 11) is -0.0163. The van der Waals surface area contributed by atoms with E-state index in [9.17, 15) is 8.42 Å². The van der Waals surface area contributed by atoms with Crippen LogP contribution in [0.5, 0.6) is 5.75 Å². The first-order valence-corrected chi connectivity index (χ1v) is 6.99. The number of nitrogens with zero attached hydrogens (tertiary/aromatic N) is 2. The highest BCUT2D eigenvalue weighted by atomic mass is 32.2. The first kappa shape index (κ1) is 13.9. The molecule has 1 heterocycles. The van der Waals surface area contributed by atoms with Gasteiger partial charge >= 0.3 is 0 Å². The second-order valence-electron chi connectivity index (χ2n) is 3.90. The van der Waals surface area contributed by atoms with Gasteiger partial charge in [0.2, 0.25) is 0 Å². The molecule has 1 aromatic rings. The maximum absolute atomic E-state index is 11.6.